The Morgan fingerprint density at radius 2 is 1.59 bits per heavy atom. The molecule has 1 atom stereocenters. The van der Waals surface area contributed by atoms with E-state index >= 15 is 0 Å². The Morgan fingerprint density at radius 3 is 2.08 bits per heavy atom. The summed E-state index contributed by atoms with van der Waals surface area (Å²) in [5, 5.41) is 2.94. The topological polar surface area (TPSA) is 96.0 Å². The molecule has 9 heteroatoms. The van der Waals surface area contributed by atoms with E-state index in [4.69, 9.17) is 4.74 Å². The fourth-order valence-electron chi connectivity index (χ4n) is 4.08. The maximum Gasteiger partial charge on any atom is 0.242 e. The molecule has 0 aliphatic rings. The number of rotatable bonds is 11. The molecule has 204 valence electrons. The van der Waals surface area contributed by atoms with Crippen LogP contribution in [0.15, 0.2) is 42.5 Å². The number of hydrogen-bond donors (Lipinski definition) is 1. The Balaban J connectivity index is 2.22. The van der Waals surface area contributed by atoms with Gasteiger partial charge in [-0.3, -0.25) is 13.9 Å². The van der Waals surface area contributed by atoms with E-state index in [2.05, 4.69) is 5.32 Å². The zero-order valence-electron chi connectivity index (χ0n) is 23.3. The predicted molar refractivity (Wildman–Crippen MR) is 148 cm³/mol. The summed E-state index contributed by atoms with van der Waals surface area (Å²) in [4.78, 5) is 27.9. The van der Waals surface area contributed by atoms with Crippen LogP contribution in [0.25, 0.3) is 0 Å². The smallest absolute Gasteiger partial charge is 0.242 e. The third-order valence-corrected chi connectivity index (χ3v) is 7.02. The van der Waals surface area contributed by atoms with Crippen LogP contribution in [0.3, 0.4) is 0 Å². The van der Waals surface area contributed by atoms with Gasteiger partial charge in [-0.15, -0.1) is 0 Å². The number of carbonyl (C=O) groups excluding carboxylic acids is 2. The summed E-state index contributed by atoms with van der Waals surface area (Å²) in [6, 6.07) is 12.3. The van der Waals surface area contributed by atoms with Gasteiger partial charge in [0.1, 0.15) is 11.8 Å². The second-order valence-electron chi connectivity index (χ2n) is 10.6. The first kappa shape index (κ1) is 30.2. The molecule has 8 nitrogen and oxygen atoms in total. The third kappa shape index (κ3) is 9.39. The SMILES string of the molecule is COc1ccc(CN(C(=O)CCCN(c2cc(C)cc(C)c2)S(C)(=O)=O)C(C)C(=O)NC(C)(C)C)cc1. The van der Waals surface area contributed by atoms with E-state index in [0.29, 0.717) is 17.9 Å². The van der Waals surface area contributed by atoms with Gasteiger partial charge in [0.15, 0.2) is 0 Å². The number of sulfonamides is 1. The average Bonchev–Trinajstić information content (AvgIpc) is 2.77. The number of benzene rings is 2. The van der Waals surface area contributed by atoms with Crippen molar-refractivity contribution < 1.29 is 22.7 Å². The van der Waals surface area contributed by atoms with Crippen LogP contribution in [-0.4, -0.2) is 56.6 Å². The highest BCUT2D eigenvalue weighted by Gasteiger charge is 2.28. The number of ether oxygens (including phenoxy) is 1. The Labute approximate surface area is 222 Å². The first-order valence-electron chi connectivity index (χ1n) is 12.4. The Morgan fingerprint density at radius 1 is 1.03 bits per heavy atom. The Hall–Kier alpha value is -3.07. The standard InChI is InChI=1S/C28H41N3O5S/c1-20-16-21(2)18-24(17-20)31(37(8,34)35)15-9-10-26(32)30(22(3)27(33)29-28(4,5)6)19-23-11-13-25(36-7)14-12-23/h11-14,16-18,22H,9-10,15,19H2,1-8H3,(H,29,33). The molecule has 2 rings (SSSR count). The largest absolute Gasteiger partial charge is 0.497 e. The zero-order valence-corrected chi connectivity index (χ0v) is 24.1. The maximum atomic E-state index is 13.4. The normalized spacial score (nSPS) is 12.5. The van der Waals surface area contributed by atoms with Crippen molar-refractivity contribution in [3.63, 3.8) is 0 Å². The first-order chi connectivity index (χ1) is 17.1. The summed E-state index contributed by atoms with van der Waals surface area (Å²) in [6.45, 7) is 11.6. The van der Waals surface area contributed by atoms with Crippen LogP contribution < -0.4 is 14.4 Å². The van der Waals surface area contributed by atoms with E-state index in [1.165, 1.54) is 10.6 Å². The molecule has 0 radical (unpaired) electrons. The number of methoxy groups -OCH3 is 1. The molecule has 0 spiro atoms. The van der Waals surface area contributed by atoms with Crippen molar-refractivity contribution in [2.75, 3.05) is 24.2 Å². The van der Waals surface area contributed by atoms with Gasteiger partial charge >= 0.3 is 0 Å². The molecule has 1 unspecified atom stereocenters. The average molecular weight is 532 g/mol. The molecule has 2 aromatic carbocycles. The summed E-state index contributed by atoms with van der Waals surface area (Å²) < 4.78 is 31.7. The van der Waals surface area contributed by atoms with Crippen molar-refractivity contribution in [3.8, 4) is 5.75 Å². The van der Waals surface area contributed by atoms with Crippen molar-refractivity contribution in [1.82, 2.24) is 10.2 Å². The zero-order chi connectivity index (χ0) is 28.0. The lowest BCUT2D eigenvalue weighted by molar-refractivity contribution is -0.141. The highest BCUT2D eigenvalue weighted by Crippen LogP contribution is 2.22. The molecule has 0 fully saturated rings. The summed E-state index contributed by atoms with van der Waals surface area (Å²) >= 11 is 0. The highest BCUT2D eigenvalue weighted by molar-refractivity contribution is 7.92. The molecule has 0 aromatic heterocycles. The third-order valence-electron chi connectivity index (χ3n) is 5.82. The molecule has 0 aliphatic heterocycles. The predicted octanol–water partition coefficient (Wildman–Crippen LogP) is 4.19. The molecular weight excluding hydrogens is 490 g/mol. The number of aryl methyl sites for hydroxylation is 2. The van der Waals surface area contributed by atoms with E-state index in [9.17, 15) is 18.0 Å². The van der Waals surface area contributed by atoms with Gasteiger partial charge in [-0.2, -0.15) is 0 Å². The number of nitrogens with one attached hydrogen (secondary N) is 1. The van der Waals surface area contributed by atoms with Gasteiger partial charge in [0.2, 0.25) is 21.8 Å². The molecule has 37 heavy (non-hydrogen) atoms. The minimum atomic E-state index is -3.54. The molecule has 0 heterocycles. The first-order valence-corrected chi connectivity index (χ1v) is 14.3. The molecule has 1 N–H and O–H groups in total. The lowest BCUT2D eigenvalue weighted by Gasteiger charge is -2.32. The van der Waals surface area contributed by atoms with Crippen LogP contribution in [0.5, 0.6) is 5.75 Å². The van der Waals surface area contributed by atoms with E-state index in [1.54, 1.807) is 18.9 Å². The fraction of sp³-hybridized carbons (Fsp3) is 0.500. The van der Waals surface area contributed by atoms with Gasteiger partial charge in [0.25, 0.3) is 0 Å². The van der Waals surface area contributed by atoms with Gasteiger partial charge < -0.3 is 15.0 Å². The monoisotopic (exact) mass is 531 g/mol. The molecular formula is C28H41N3O5S. The Bertz CT molecular complexity index is 1170. The molecule has 2 amide bonds. The van der Waals surface area contributed by atoms with E-state index in [1.807, 2.05) is 77.1 Å². The lowest BCUT2D eigenvalue weighted by atomic mass is 10.1. The van der Waals surface area contributed by atoms with E-state index in [0.717, 1.165) is 16.7 Å². The van der Waals surface area contributed by atoms with Crippen LogP contribution >= 0.6 is 0 Å². The van der Waals surface area contributed by atoms with Gasteiger partial charge in [-0.25, -0.2) is 8.42 Å². The number of amides is 2. The maximum absolute atomic E-state index is 13.4. The lowest BCUT2D eigenvalue weighted by Crippen LogP contribution is -2.52. The number of nitrogens with zero attached hydrogens (tertiary/aromatic N) is 2. The molecule has 0 saturated heterocycles. The van der Waals surface area contributed by atoms with Gasteiger partial charge in [-0.1, -0.05) is 18.2 Å². The van der Waals surface area contributed by atoms with Crippen LogP contribution in [0, 0.1) is 13.8 Å². The fourth-order valence-corrected chi connectivity index (χ4v) is 5.03. The Kier molecular flexibility index (Phi) is 10.1. The van der Waals surface area contributed by atoms with Crippen LogP contribution in [0.1, 0.15) is 57.2 Å². The van der Waals surface area contributed by atoms with Crippen molar-refractivity contribution in [2.24, 2.45) is 0 Å². The van der Waals surface area contributed by atoms with Crippen LogP contribution in [0.2, 0.25) is 0 Å². The van der Waals surface area contributed by atoms with Crippen molar-refractivity contribution >= 4 is 27.5 Å². The quantitative estimate of drug-likeness (QED) is 0.469. The van der Waals surface area contributed by atoms with E-state index in [-0.39, 0.29) is 31.3 Å². The van der Waals surface area contributed by atoms with Gasteiger partial charge in [-0.05, 0) is 88.9 Å². The number of anilines is 1. The number of hydrogen-bond acceptors (Lipinski definition) is 5. The summed E-state index contributed by atoms with van der Waals surface area (Å²) in [7, 11) is -1.96. The van der Waals surface area contributed by atoms with Crippen LogP contribution in [0.4, 0.5) is 5.69 Å². The molecule has 0 saturated carbocycles. The minimum Gasteiger partial charge on any atom is -0.497 e. The number of carbonyl (C=O) groups is 2. The molecule has 0 aliphatic carbocycles. The summed E-state index contributed by atoms with van der Waals surface area (Å²) in [5.74, 6) is 0.232. The van der Waals surface area contributed by atoms with E-state index < -0.39 is 21.6 Å². The van der Waals surface area contributed by atoms with Crippen molar-refractivity contribution in [2.45, 2.75) is 72.5 Å². The van der Waals surface area contributed by atoms with Gasteiger partial charge in [0, 0.05) is 25.0 Å². The second kappa shape index (κ2) is 12.4. The molecule has 0 bridgehead atoms. The van der Waals surface area contributed by atoms with Crippen molar-refractivity contribution in [1.29, 1.82) is 0 Å². The van der Waals surface area contributed by atoms with Crippen molar-refractivity contribution in [3.05, 3.63) is 59.2 Å². The second-order valence-corrected chi connectivity index (χ2v) is 12.5. The minimum absolute atomic E-state index is 0.0973. The molecule has 2 aromatic rings. The summed E-state index contributed by atoms with van der Waals surface area (Å²) in [6.07, 6.45) is 1.58. The highest BCUT2D eigenvalue weighted by atomic mass is 32.2. The summed E-state index contributed by atoms with van der Waals surface area (Å²) in [5.41, 5.74) is 2.92. The van der Waals surface area contributed by atoms with Gasteiger partial charge in [0.05, 0.1) is 19.1 Å². The van der Waals surface area contributed by atoms with Crippen LogP contribution in [-0.2, 0) is 26.2 Å².